The molecule has 0 bridgehead atoms. The predicted molar refractivity (Wildman–Crippen MR) is 142 cm³/mol. The molecule has 1 aromatic carbocycles. The second kappa shape index (κ2) is 10.6. The Morgan fingerprint density at radius 2 is 1.76 bits per heavy atom. The molecule has 2 saturated carbocycles. The molecule has 1 aromatic rings. The van der Waals surface area contributed by atoms with Crippen LogP contribution in [0.2, 0.25) is 0 Å². The number of piperidine rings is 1. The summed E-state index contributed by atoms with van der Waals surface area (Å²) in [7, 11) is 0. The largest absolute Gasteiger partial charge is 0.382 e. The second-order valence-electron chi connectivity index (χ2n) is 10.9. The molecule has 0 amide bonds. The summed E-state index contributed by atoms with van der Waals surface area (Å²) in [5.74, 6) is 0.518. The van der Waals surface area contributed by atoms with E-state index in [0.29, 0.717) is 12.0 Å². The van der Waals surface area contributed by atoms with Crippen LogP contribution in [0.15, 0.2) is 55.1 Å². The molecule has 2 unspecified atom stereocenters. The van der Waals surface area contributed by atoms with Crippen molar-refractivity contribution in [1.29, 1.82) is 0 Å². The number of hydrogen-bond acceptors (Lipinski definition) is 3. The molecule has 3 nitrogen and oxygen atoms in total. The Hall–Kier alpha value is -1.84. The first kappa shape index (κ1) is 24.3. The molecule has 3 fully saturated rings. The number of unbranched alkanes of at least 4 members (excludes halogenated alkanes) is 1. The van der Waals surface area contributed by atoms with Crippen LogP contribution in [0, 0.1) is 11.3 Å². The lowest BCUT2D eigenvalue weighted by Gasteiger charge is -2.44. The summed E-state index contributed by atoms with van der Waals surface area (Å²) in [6.07, 6.45) is 12.6. The van der Waals surface area contributed by atoms with E-state index in [4.69, 9.17) is 5.73 Å². The Morgan fingerprint density at radius 1 is 1.09 bits per heavy atom. The van der Waals surface area contributed by atoms with Crippen molar-refractivity contribution in [3.63, 3.8) is 0 Å². The van der Waals surface area contributed by atoms with Crippen molar-refractivity contribution in [3.05, 3.63) is 66.3 Å². The molecular weight excluding hydrogens is 402 g/mol. The highest BCUT2D eigenvalue weighted by Gasteiger charge is 2.51. The molecule has 0 radical (unpaired) electrons. The number of nitrogens with two attached hydrogens (primary N) is 1. The van der Waals surface area contributed by atoms with Gasteiger partial charge >= 0.3 is 0 Å². The third kappa shape index (κ3) is 5.15. The molecule has 3 aliphatic rings. The number of rotatable bonds is 8. The Bertz CT molecular complexity index is 838. The van der Waals surface area contributed by atoms with Crippen LogP contribution in [0.5, 0.6) is 0 Å². The minimum atomic E-state index is -0.0127. The third-order valence-electron chi connectivity index (χ3n) is 8.82. The van der Waals surface area contributed by atoms with E-state index >= 15 is 0 Å². The summed E-state index contributed by atoms with van der Waals surface area (Å²) >= 11 is 0. The van der Waals surface area contributed by atoms with Crippen molar-refractivity contribution in [2.45, 2.75) is 89.8 Å². The zero-order valence-electron chi connectivity index (χ0n) is 20.9. The second-order valence-corrected chi connectivity index (χ2v) is 10.9. The maximum atomic E-state index is 6.52. The normalized spacial score (nSPS) is 26.1. The van der Waals surface area contributed by atoms with Crippen molar-refractivity contribution < 1.29 is 0 Å². The highest BCUT2D eigenvalue weighted by molar-refractivity contribution is 5.62. The number of nitrogens with one attached hydrogen (secondary N) is 1. The van der Waals surface area contributed by atoms with Gasteiger partial charge < -0.3 is 11.1 Å². The van der Waals surface area contributed by atoms with Gasteiger partial charge in [0.25, 0.3) is 0 Å². The first-order valence-corrected chi connectivity index (χ1v) is 13.3. The van der Waals surface area contributed by atoms with Gasteiger partial charge in [0.1, 0.15) is 0 Å². The van der Waals surface area contributed by atoms with Gasteiger partial charge in [-0.25, -0.2) is 0 Å². The van der Waals surface area contributed by atoms with Crippen LogP contribution in [0.25, 0.3) is 5.70 Å². The van der Waals surface area contributed by atoms with Crippen LogP contribution in [-0.2, 0) is 6.54 Å². The summed E-state index contributed by atoms with van der Waals surface area (Å²) < 4.78 is 0. The summed E-state index contributed by atoms with van der Waals surface area (Å²) in [6, 6.07) is 9.62. The van der Waals surface area contributed by atoms with E-state index < -0.39 is 0 Å². The lowest BCUT2D eigenvalue weighted by molar-refractivity contribution is 0.0964. The molecular formula is C30H45N3. The maximum Gasteiger partial charge on any atom is 0.0473 e. The van der Waals surface area contributed by atoms with E-state index in [1.165, 1.54) is 73.6 Å². The van der Waals surface area contributed by atoms with Gasteiger partial charge in [0, 0.05) is 29.7 Å². The van der Waals surface area contributed by atoms with Gasteiger partial charge in [-0.2, -0.15) is 0 Å². The molecule has 1 aliphatic heterocycles. The van der Waals surface area contributed by atoms with E-state index in [2.05, 4.69) is 61.1 Å². The Labute approximate surface area is 202 Å². The highest BCUT2D eigenvalue weighted by atomic mass is 15.1. The quantitative estimate of drug-likeness (QED) is 0.452. The van der Waals surface area contributed by atoms with E-state index in [1.54, 1.807) is 0 Å². The molecule has 0 aromatic heterocycles. The maximum absolute atomic E-state index is 6.52. The van der Waals surface area contributed by atoms with Crippen LogP contribution in [0.1, 0.15) is 82.3 Å². The summed E-state index contributed by atoms with van der Waals surface area (Å²) in [4.78, 5) is 2.60. The summed E-state index contributed by atoms with van der Waals surface area (Å²) in [5, 5.41) is 3.66. The minimum Gasteiger partial charge on any atom is -0.382 e. The Kier molecular flexibility index (Phi) is 7.81. The molecule has 4 rings (SSSR count). The van der Waals surface area contributed by atoms with E-state index in [0.717, 1.165) is 38.2 Å². The van der Waals surface area contributed by atoms with Crippen LogP contribution in [-0.4, -0.2) is 30.1 Å². The van der Waals surface area contributed by atoms with Crippen LogP contribution in [0.3, 0.4) is 0 Å². The third-order valence-corrected chi connectivity index (χ3v) is 8.82. The number of nitrogens with zero attached hydrogens (tertiary/aromatic N) is 1. The monoisotopic (exact) mass is 447 g/mol. The molecule has 33 heavy (non-hydrogen) atoms. The van der Waals surface area contributed by atoms with Crippen LogP contribution in [0.4, 0.5) is 0 Å². The van der Waals surface area contributed by atoms with Crippen molar-refractivity contribution in [3.8, 4) is 0 Å². The Morgan fingerprint density at radius 3 is 2.39 bits per heavy atom. The van der Waals surface area contributed by atoms with Crippen LogP contribution < -0.4 is 11.1 Å². The molecule has 3 heteroatoms. The van der Waals surface area contributed by atoms with Gasteiger partial charge in [0.05, 0.1) is 0 Å². The smallest absolute Gasteiger partial charge is 0.0473 e. The van der Waals surface area contributed by atoms with Gasteiger partial charge in [0.2, 0.25) is 0 Å². The molecule has 2 atom stereocenters. The van der Waals surface area contributed by atoms with E-state index in [1.807, 2.05) is 0 Å². The van der Waals surface area contributed by atoms with Gasteiger partial charge in [-0.3, -0.25) is 4.90 Å². The SMILES string of the molecule is C=C(NC1CCCCC1)c1ccc(CN2CCC3(CC2)C(=C)C(N)C(=C)C3CCCC)cc1. The number of likely N-dealkylation sites (tertiary alicyclic amines) is 1. The lowest BCUT2D eigenvalue weighted by Crippen LogP contribution is -2.43. The highest BCUT2D eigenvalue weighted by Crippen LogP contribution is 2.56. The van der Waals surface area contributed by atoms with Crippen molar-refractivity contribution in [1.82, 2.24) is 10.2 Å². The number of benzene rings is 1. The average Bonchev–Trinajstić information content (AvgIpc) is 3.01. The van der Waals surface area contributed by atoms with Crippen molar-refractivity contribution >= 4 is 5.70 Å². The van der Waals surface area contributed by atoms with Gasteiger partial charge in [-0.1, -0.05) is 88.6 Å². The number of hydrogen-bond donors (Lipinski definition) is 2. The fourth-order valence-electron chi connectivity index (χ4n) is 6.62. The van der Waals surface area contributed by atoms with Crippen LogP contribution >= 0.6 is 0 Å². The van der Waals surface area contributed by atoms with E-state index in [9.17, 15) is 0 Å². The van der Waals surface area contributed by atoms with E-state index in [-0.39, 0.29) is 11.5 Å². The van der Waals surface area contributed by atoms with Gasteiger partial charge in [-0.15, -0.1) is 0 Å². The van der Waals surface area contributed by atoms with Gasteiger partial charge in [-0.05, 0) is 67.8 Å². The molecule has 180 valence electrons. The first-order chi connectivity index (χ1) is 15.9. The molecule has 1 heterocycles. The summed E-state index contributed by atoms with van der Waals surface area (Å²) in [6.45, 7) is 18.7. The summed E-state index contributed by atoms with van der Waals surface area (Å²) in [5.41, 5.74) is 12.9. The molecule has 2 aliphatic carbocycles. The molecule has 1 saturated heterocycles. The predicted octanol–water partition coefficient (Wildman–Crippen LogP) is 6.42. The average molecular weight is 448 g/mol. The van der Waals surface area contributed by atoms with Crippen molar-refractivity contribution in [2.75, 3.05) is 13.1 Å². The standard InChI is InChI=1S/C30H45N3/c1-5-6-12-28-22(2)29(31)23(3)30(28)17-19-33(20-18-30)21-25-13-15-26(16-14-25)24(4)32-27-10-8-7-9-11-27/h13-16,27-29,32H,2-12,17-21,31H2,1H3. The minimum absolute atomic E-state index is 0.0127. The lowest BCUT2D eigenvalue weighted by atomic mass is 9.66. The first-order valence-electron chi connectivity index (χ1n) is 13.3. The fourth-order valence-corrected chi connectivity index (χ4v) is 6.62. The fraction of sp³-hybridized carbons (Fsp3) is 0.600. The van der Waals surface area contributed by atoms with Crippen molar-refractivity contribution in [2.24, 2.45) is 17.1 Å². The topological polar surface area (TPSA) is 41.3 Å². The molecule has 3 N–H and O–H groups in total. The molecule has 1 spiro atoms. The Balaban J connectivity index is 1.32. The zero-order chi connectivity index (χ0) is 23.4. The van der Waals surface area contributed by atoms with Gasteiger partial charge in [0.15, 0.2) is 0 Å². The zero-order valence-corrected chi connectivity index (χ0v) is 20.9.